The van der Waals surface area contributed by atoms with Crippen molar-refractivity contribution in [2.45, 2.75) is 0 Å². The lowest BCUT2D eigenvalue weighted by Crippen LogP contribution is -2.20. The van der Waals surface area contributed by atoms with E-state index in [0.29, 0.717) is 17.6 Å². The van der Waals surface area contributed by atoms with Crippen LogP contribution in [0.3, 0.4) is 0 Å². The van der Waals surface area contributed by atoms with Crippen LogP contribution in [0.2, 0.25) is 0 Å². The number of pyridine rings is 1. The van der Waals surface area contributed by atoms with Crippen molar-refractivity contribution in [3.8, 4) is 22.9 Å². The summed E-state index contributed by atoms with van der Waals surface area (Å²) in [6.07, 6.45) is 4.93. The lowest BCUT2D eigenvalue weighted by molar-refractivity contribution is -0.118. The average molecular weight is 336 g/mol. The van der Waals surface area contributed by atoms with Crippen LogP contribution in [0.15, 0.2) is 61.1 Å². The summed E-state index contributed by atoms with van der Waals surface area (Å²) in [7, 11) is 1.51. The predicted molar refractivity (Wildman–Crippen MR) is 92.4 cm³/mol. The van der Waals surface area contributed by atoms with Gasteiger partial charge in [0.1, 0.15) is 11.6 Å². The van der Waals surface area contributed by atoms with Crippen LogP contribution < -0.4 is 14.8 Å². The average Bonchev–Trinajstić information content (AvgIpc) is 2.68. The second kappa shape index (κ2) is 7.87. The van der Waals surface area contributed by atoms with Crippen molar-refractivity contribution in [3.63, 3.8) is 0 Å². The number of carbonyl (C=O) groups is 1. The third kappa shape index (κ3) is 4.51. The standard InChI is InChI=1S/C18H16N4O3/c1-24-18-20-10-14(11-21-18)13-7-8-16(19-9-13)22-17(23)12-25-15-5-3-2-4-6-15/h2-11H,12H2,1H3,(H,19,22,23). The molecule has 7 heteroatoms. The first-order chi connectivity index (χ1) is 12.2. The van der Waals surface area contributed by atoms with Crippen LogP contribution in [0.25, 0.3) is 11.1 Å². The Balaban J connectivity index is 1.57. The number of methoxy groups -OCH3 is 1. The first-order valence-electron chi connectivity index (χ1n) is 7.55. The fourth-order valence-electron chi connectivity index (χ4n) is 2.05. The number of aromatic nitrogens is 3. The first-order valence-corrected chi connectivity index (χ1v) is 7.55. The Kier molecular flexibility index (Phi) is 5.16. The van der Waals surface area contributed by atoms with Gasteiger partial charge in [0.2, 0.25) is 0 Å². The maximum Gasteiger partial charge on any atom is 0.316 e. The molecule has 0 bridgehead atoms. The Bertz CT molecular complexity index is 821. The van der Waals surface area contributed by atoms with E-state index >= 15 is 0 Å². The van der Waals surface area contributed by atoms with Gasteiger partial charge in [0, 0.05) is 29.7 Å². The molecule has 0 aliphatic heterocycles. The van der Waals surface area contributed by atoms with Gasteiger partial charge in [-0.25, -0.2) is 15.0 Å². The van der Waals surface area contributed by atoms with Crippen molar-refractivity contribution in [1.29, 1.82) is 0 Å². The summed E-state index contributed by atoms with van der Waals surface area (Å²) < 4.78 is 10.3. The van der Waals surface area contributed by atoms with Gasteiger partial charge in [0.05, 0.1) is 7.11 Å². The van der Waals surface area contributed by atoms with E-state index in [2.05, 4.69) is 20.3 Å². The zero-order valence-electron chi connectivity index (χ0n) is 13.5. The van der Waals surface area contributed by atoms with Crippen molar-refractivity contribution in [2.75, 3.05) is 19.0 Å². The van der Waals surface area contributed by atoms with Gasteiger partial charge < -0.3 is 14.8 Å². The summed E-state index contributed by atoms with van der Waals surface area (Å²) in [5, 5.41) is 2.68. The Morgan fingerprint density at radius 1 is 0.960 bits per heavy atom. The van der Waals surface area contributed by atoms with E-state index in [1.165, 1.54) is 7.11 Å². The zero-order valence-corrected chi connectivity index (χ0v) is 13.5. The van der Waals surface area contributed by atoms with Crippen LogP contribution in [-0.4, -0.2) is 34.6 Å². The Labute approximate surface area is 144 Å². The number of amides is 1. The molecule has 0 fully saturated rings. The topological polar surface area (TPSA) is 86.2 Å². The second-order valence-corrected chi connectivity index (χ2v) is 5.04. The van der Waals surface area contributed by atoms with Gasteiger partial charge in [-0.05, 0) is 24.3 Å². The lowest BCUT2D eigenvalue weighted by Gasteiger charge is -2.07. The molecule has 3 rings (SSSR count). The SMILES string of the molecule is COc1ncc(-c2ccc(NC(=O)COc3ccccc3)nc2)cn1. The maximum atomic E-state index is 11.9. The highest BCUT2D eigenvalue weighted by Gasteiger charge is 2.06. The number of hydrogen-bond acceptors (Lipinski definition) is 6. The third-order valence-electron chi connectivity index (χ3n) is 3.29. The first kappa shape index (κ1) is 16.4. The summed E-state index contributed by atoms with van der Waals surface area (Å²) >= 11 is 0. The highest BCUT2D eigenvalue weighted by Crippen LogP contribution is 2.19. The molecule has 0 saturated heterocycles. The molecule has 0 aliphatic carbocycles. The van der Waals surface area contributed by atoms with Crippen molar-refractivity contribution in [2.24, 2.45) is 0 Å². The molecule has 0 unspecified atom stereocenters. The molecule has 0 aliphatic rings. The van der Waals surface area contributed by atoms with Crippen molar-refractivity contribution >= 4 is 11.7 Å². The monoisotopic (exact) mass is 336 g/mol. The number of anilines is 1. The van der Waals surface area contributed by atoms with Crippen molar-refractivity contribution in [3.05, 3.63) is 61.1 Å². The second-order valence-electron chi connectivity index (χ2n) is 5.04. The summed E-state index contributed by atoms with van der Waals surface area (Å²) in [5.41, 5.74) is 1.64. The fraction of sp³-hybridized carbons (Fsp3) is 0.111. The van der Waals surface area contributed by atoms with Crippen LogP contribution in [0.1, 0.15) is 0 Å². The molecule has 2 aromatic heterocycles. The molecule has 126 valence electrons. The molecule has 1 N–H and O–H groups in total. The molecule has 0 radical (unpaired) electrons. The highest BCUT2D eigenvalue weighted by atomic mass is 16.5. The molecule has 1 aromatic carbocycles. The smallest absolute Gasteiger partial charge is 0.316 e. The highest BCUT2D eigenvalue weighted by molar-refractivity contribution is 5.91. The number of nitrogens with one attached hydrogen (secondary N) is 1. The molecule has 0 atom stereocenters. The Hall–Kier alpha value is -3.48. The van der Waals surface area contributed by atoms with Gasteiger partial charge in [-0.1, -0.05) is 18.2 Å². The number of ether oxygens (including phenoxy) is 2. The van der Waals surface area contributed by atoms with Crippen LogP contribution >= 0.6 is 0 Å². The normalized spacial score (nSPS) is 10.1. The predicted octanol–water partition coefficient (Wildman–Crippen LogP) is 2.56. The van der Waals surface area contributed by atoms with Gasteiger partial charge in [-0.15, -0.1) is 0 Å². The van der Waals surface area contributed by atoms with Gasteiger partial charge in [0.25, 0.3) is 5.91 Å². The maximum absolute atomic E-state index is 11.9. The minimum Gasteiger partial charge on any atom is -0.484 e. The van der Waals surface area contributed by atoms with E-state index in [4.69, 9.17) is 9.47 Å². The van der Waals surface area contributed by atoms with E-state index < -0.39 is 0 Å². The van der Waals surface area contributed by atoms with E-state index in [1.807, 2.05) is 24.3 Å². The zero-order chi connectivity index (χ0) is 17.5. The molecule has 3 aromatic rings. The van der Waals surface area contributed by atoms with Crippen LogP contribution in [-0.2, 0) is 4.79 Å². The van der Waals surface area contributed by atoms with E-state index in [-0.39, 0.29) is 12.5 Å². The molecule has 2 heterocycles. The Morgan fingerprint density at radius 3 is 2.32 bits per heavy atom. The number of nitrogens with zero attached hydrogens (tertiary/aromatic N) is 3. The van der Waals surface area contributed by atoms with Crippen molar-refractivity contribution in [1.82, 2.24) is 15.0 Å². The van der Waals surface area contributed by atoms with E-state index in [1.54, 1.807) is 36.8 Å². The number of para-hydroxylation sites is 1. The molecule has 7 nitrogen and oxygen atoms in total. The summed E-state index contributed by atoms with van der Waals surface area (Å²) in [5.74, 6) is 0.803. The van der Waals surface area contributed by atoms with E-state index in [0.717, 1.165) is 11.1 Å². The molecule has 0 saturated carbocycles. The molecule has 25 heavy (non-hydrogen) atoms. The van der Waals surface area contributed by atoms with Gasteiger partial charge in [-0.3, -0.25) is 4.79 Å². The number of carbonyl (C=O) groups excluding carboxylic acids is 1. The molecule has 1 amide bonds. The summed E-state index contributed by atoms with van der Waals surface area (Å²) in [4.78, 5) is 24.2. The van der Waals surface area contributed by atoms with Gasteiger partial charge in [-0.2, -0.15) is 0 Å². The number of benzene rings is 1. The summed E-state index contributed by atoms with van der Waals surface area (Å²) in [6, 6.07) is 13.0. The third-order valence-corrected chi connectivity index (χ3v) is 3.29. The fourth-order valence-corrected chi connectivity index (χ4v) is 2.05. The minimum atomic E-state index is -0.281. The lowest BCUT2D eigenvalue weighted by atomic mass is 10.1. The van der Waals surface area contributed by atoms with Gasteiger partial charge >= 0.3 is 6.01 Å². The molecule has 0 spiro atoms. The summed E-state index contributed by atoms with van der Waals surface area (Å²) in [6.45, 7) is -0.0836. The van der Waals surface area contributed by atoms with Crippen molar-refractivity contribution < 1.29 is 14.3 Å². The molecular weight excluding hydrogens is 320 g/mol. The number of hydrogen-bond donors (Lipinski definition) is 1. The molecular formula is C18H16N4O3. The quantitative estimate of drug-likeness (QED) is 0.744. The largest absolute Gasteiger partial charge is 0.484 e. The van der Waals surface area contributed by atoms with Crippen LogP contribution in [0.5, 0.6) is 11.8 Å². The minimum absolute atomic E-state index is 0.0836. The Morgan fingerprint density at radius 2 is 1.68 bits per heavy atom. The van der Waals surface area contributed by atoms with E-state index in [9.17, 15) is 4.79 Å². The van der Waals surface area contributed by atoms with Gasteiger partial charge in [0.15, 0.2) is 6.61 Å². The van der Waals surface area contributed by atoms with Crippen LogP contribution in [0, 0.1) is 0 Å². The van der Waals surface area contributed by atoms with Crippen LogP contribution in [0.4, 0.5) is 5.82 Å². The number of rotatable bonds is 6.